The van der Waals surface area contributed by atoms with Crippen molar-refractivity contribution in [2.75, 3.05) is 12.1 Å². The summed E-state index contributed by atoms with van der Waals surface area (Å²) in [6.45, 7) is 0.579. The molecular formula is C14H10BrF2NO2. The lowest BCUT2D eigenvalue weighted by molar-refractivity contribution is 0.173. The summed E-state index contributed by atoms with van der Waals surface area (Å²) < 4.78 is 37.7. The maximum absolute atomic E-state index is 13.5. The van der Waals surface area contributed by atoms with Crippen LogP contribution in [0.5, 0.6) is 11.5 Å². The Kier molecular flexibility index (Phi) is 3.48. The van der Waals surface area contributed by atoms with E-state index in [2.05, 4.69) is 21.2 Å². The van der Waals surface area contributed by atoms with Gasteiger partial charge in [0.1, 0.15) is 11.6 Å². The largest absolute Gasteiger partial charge is 0.454 e. The van der Waals surface area contributed by atoms with Crippen LogP contribution in [0.15, 0.2) is 34.8 Å². The first kappa shape index (κ1) is 13.2. The lowest BCUT2D eigenvalue weighted by Gasteiger charge is -2.09. The maximum Gasteiger partial charge on any atom is 0.231 e. The highest BCUT2D eigenvalue weighted by atomic mass is 79.9. The van der Waals surface area contributed by atoms with Crippen LogP contribution in [-0.2, 0) is 6.54 Å². The van der Waals surface area contributed by atoms with Gasteiger partial charge in [-0.25, -0.2) is 8.78 Å². The van der Waals surface area contributed by atoms with E-state index in [0.29, 0.717) is 18.0 Å². The third-order valence-electron chi connectivity index (χ3n) is 2.90. The van der Waals surface area contributed by atoms with Gasteiger partial charge < -0.3 is 14.8 Å². The Balaban J connectivity index is 1.77. The molecule has 0 aliphatic carbocycles. The van der Waals surface area contributed by atoms with Crippen LogP contribution in [0, 0.1) is 11.6 Å². The van der Waals surface area contributed by atoms with Crippen LogP contribution in [0.25, 0.3) is 0 Å². The fraction of sp³-hybridized carbons (Fsp3) is 0.143. The minimum atomic E-state index is -0.621. The van der Waals surface area contributed by atoms with E-state index >= 15 is 0 Å². The van der Waals surface area contributed by atoms with Gasteiger partial charge >= 0.3 is 0 Å². The van der Waals surface area contributed by atoms with Crippen molar-refractivity contribution in [2.24, 2.45) is 0 Å². The average Bonchev–Trinajstić information content (AvgIpc) is 2.86. The second-order valence-electron chi connectivity index (χ2n) is 4.29. The second-order valence-corrected chi connectivity index (χ2v) is 5.14. The molecule has 1 aliphatic rings. The summed E-state index contributed by atoms with van der Waals surface area (Å²) in [7, 11) is 0. The Morgan fingerprint density at radius 2 is 2.00 bits per heavy atom. The van der Waals surface area contributed by atoms with E-state index in [1.807, 2.05) is 12.1 Å². The molecule has 104 valence electrons. The van der Waals surface area contributed by atoms with Gasteiger partial charge in [0.05, 0.1) is 10.2 Å². The maximum atomic E-state index is 13.5. The van der Waals surface area contributed by atoms with Crippen LogP contribution < -0.4 is 14.8 Å². The van der Waals surface area contributed by atoms with Gasteiger partial charge in [0.25, 0.3) is 0 Å². The first-order chi connectivity index (χ1) is 9.63. The number of nitrogens with one attached hydrogen (secondary N) is 1. The molecule has 0 aromatic heterocycles. The molecule has 3 rings (SSSR count). The Morgan fingerprint density at radius 3 is 2.80 bits per heavy atom. The monoisotopic (exact) mass is 341 g/mol. The molecule has 6 heteroatoms. The second kappa shape index (κ2) is 5.28. The number of anilines is 1. The van der Waals surface area contributed by atoms with Gasteiger partial charge in [-0.3, -0.25) is 0 Å². The SMILES string of the molecule is Fc1ccc(NCc2cc(Br)c3c(c2)OCO3)c(F)c1. The van der Waals surface area contributed by atoms with Gasteiger partial charge in [-0.1, -0.05) is 0 Å². The zero-order valence-corrected chi connectivity index (χ0v) is 11.8. The normalized spacial score (nSPS) is 12.6. The molecule has 0 saturated heterocycles. The minimum absolute atomic E-state index is 0.192. The molecule has 0 bridgehead atoms. The fourth-order valence-electron chi connectivity index (χ4n) is 1.95. The van der Waals surface area contributed by atoms with Gasteiger partial charge in [0, 0.05) is 12.6 Å². The number of rotatable bonds is 3. The van der Waals surface area contributed by atoms with Crippen LogP contribution in [-0.4, -0.2) is 6.79 Å². The number of hydrogen-bond acceptors (Lipinski definition) is 3. The van der Waals surface area contributed by atoms with Crippen molar-refractivity contribution in [3.8, 4) is 11.5 Å². The summed E-state index contributed by atoms with van der Waals surface area (Å²) in [6, 6.07) is 7.11. The van der Waals surface area contributed by atoms with E-state index in [1.165, 1.54) is 12.1 Å². The molecule has 3 nitrogen and oxygen atoms in total. The molecule has 0 spiro atoms. The van der Waals surface area contributed by atoms with Gasteiger partial charge in [-0.15, -0.1) is 0 Å². The van der Waals surface area contributed by atoms with Crippen molar-refractivity contribution in [2.45, 2.75) is 6.54 Å². The predicted molar refractivity (Wildman–Crippen MR) is 73.9 cm³/mol. The van der Waals surface area contributed by atoms with Crippen molar-refractivity contribution in [1.29, 1.82) is 0 Å². The van der Waals surface area contributed by atoms with Crippen LogP contribution in [0.3, 0.4) is 0 Å². The molecule has 2 aromatic rings. The van der Waals surface area contributed by atoms with Crippen molar-refractivity contribution < 1.29 is 18.3 Å². The smallest absolute Gasteiger partial charge is 0.231 e. The molecule has 0 fully saturated rings. The Morgan fingerprint density at radius 1 is 1.15 bits per heavy atom. The zero-order valence-electron chi connectivity index (χ0n) is 10.3. The quantitative estimate of drug-likeness (QED) is 0.912. The zero-order chi connectivity index (χ0) is 14.1. The highest BCUT2D eigenvalue weighted by molar-refractivity contribution is 9.10. The van der Waals surface area contributed by atoms with Crippen LogP contribution >= 0.6 is 15.9 Å². The third kappa shape index (κ3) is 2.56. The van der Waals surface area contributed by atoms with E-state index in [9.17, 15) is 8.78 Å². The van der Waals surface area contributed by atoms with E-state index in [4.69, 9.17) is 9.47 Å². The molecule has 20 heavy (non-hydrogen) atoms. The highest BCUT2D eigenvalue weighted by Gasteiger charge is 2.17. The molecule has 2 aromatic carbocycles. The lowest BCUT2D eigenvalue weighted by Crippen LogP contribution is -2.02. The Bertz CT molecular complexity index is 664. The Hall–Kier alpha value is -1.82. The number of hydrogen-bond donors (Lipinski definition) is 1. The van der Waals surface area contributed by atoms with Gasteiger partial charge in [-0.2, -0.15) is 0 Å². The van der Waals surface area contributed by atoms with Gasteiger partial charge in [0.15, 0.2) is 11.5 Å². The van der Waals surface area contributed by atoms with Crippen molar-refractivity contribution in [3.05, 3.63) is 52.0 Å². The van der Waals surface area contributed by atoms with E-state index in [-0.39, 0.29) is 12.5 Å². The van der Waals surface area contributed by atoms with Crippen LogP contribution in [0.4, 0.5) is 14.5 Å². The van der Waals surface area contributed by atoms with Crippen molar-refractivity contribution in [3.63, 3.8) is 0 Å². The standard InChI is InChI=1S/C14H10BrF2NO2/c15-10-3-8(4-13-14(10)20-7-19-13)6-18-12-2-1-9(16)5-11(12)17/h1-5,18H,6-7H2. The fourth-order valence-corrected chi connectivity index (χ4v) is 2.56. The molecule has 0 unspecified atom stereocenters. The number of halogens is 3. The molecule has 0 radical (unpaired) electrons. The lowest BCUT2D eigenvalue weighted by atomic mass is 10.2. The number of ether oxygens (including phenoxy) is 2. The Labute approximate surface area is 122 Å². The van der Waals surface area contributed by atoms with E-state index in [1.54, 1.807) is 0 Å². The van der Waals surface area contributed by atoms with Gasteiger partial charge in [-0.05, 0) is 45.8 Å². The third-order valence-corrected chi connectivity index (χ3v) is 3.49. The molecule has 0 amide bonds. The first-order valence-corrected chi connectivity index (χ1v) is 6.70. The van der Waals surface area contributed by atoms with E-state index < -0.39 is 11.6 Å². The van der Waals surface area contributed by atoms with E-state index in [0.717, 1.165) is 16.1 Å². The summed E-state index contributed by atoms with van der Waals surface area (Å²) in [5, 5.41) is 2.92. The molecule has 1 heterocycles. The van der Waals surface area contributed by atoms with Crippen molar-refractivity contribution >= 4 is 21.6 Å². The predicted octanol–water partition coefficient (Wildman–Crippen LogP) is 4.07. The summed E-state index contributed by atoms with van der Waals surface area (Å²) in [6.07, 6.45) is 0. The summed E-state index contributed by atoms with van der Waals surface area (Å²) >= 11 is 3.39. The molecule has 0 saturated carbocycles. The highest BCUT2D eigenvalue weighted by Crippen LogP contribution is 2.40. The van der Waals surface area contributed by atoms with Crippen LogP contribution in [0.2, 0.25) is 0 Å². The summed E-state index contributed by atoms with van der Waals surface area (Å²) in [5.41, 5.74) is 1.14. The first-order valence-electron chi connectivity index (χ1n) is 5.90. The summed E-state index contributed by atoms with van der Waals surface area (Å²) in [5.74, 6) is 0.0983. The van der Waals surface area contributed by atoms with Crippen molar-refractivity contribution in [1.82, 2.24) is 0 Å². The number of fused-ring (bicyclic) bond motifs is 1. The number of benzene rings is 2. The molecular weight excluding hydrogens is 332 g/mol. The average molecular weight is 342 g/mol. The molecule has 0 atom stereocenters. The van der Waals surface area contributed by atoms with Crippen LogP contribution in [0.1, 0.15) is 5.56 Å². The molecule has 1 aliphatic heterocycles. The van der Waals surface area contributed by atoms with Gasteiger partial charge in [0.2, 0.25) is 6.79 Å². The molecule has 1 N–H and O–H groups in total. The summed E-state index contributed by atoms with van der Waals surface area (Å²) in [4.78, 5) is 0. The minimum Gasteiger partial charge on any atom is -0.454 e. The topological polar surface area (TPSA) is 30.5 Å².